The number of imide groups is 1. The molecule has 1 aromatic carbocycles. The second-order valence-corrected chi connectivity index (χ2v) is 9.64. The van der Waals surface area contributed by atoms with E-state index < -0.39 is 47.9 Å². The van der Waals surface area contributed by atoms with E-state index in [4.69, 9.17) is 10.5 Å². The Morgan fingerprint density at radius 3 is 2.45 bits per heavy atom. The fourth-order valence-corrected chi connectivity index (χ4v) is 5.18. The van der Waals surface area contributed by atoms with Crippen molar-refractivity contribution in [2.24, 2.45) is 11.8 Å². The number of likely N-dealkylation sites (tertiary alicyclic amines) is 1. The molecule has 0 spiro atoms. The lowest BCUT2D eigenvalue weighted by molar-refractivity contribution is -0.170. The Morgan fingerprint density at radius 1 is 1.16 bits per heavy atom. The van der Waals surface area contributed by atoms with E-state index in [1.807, 2.05) is 5.32 Å². The first kappa shape index (κ1) is 27.2. The third-order valence-electron chi connectivity index (χ3n) is 7.11. The number of rotatable bonds is 7. The minimum atomic E-state index is -4.69. The summed E-state index contributed by atoms with van der Waals surface area (Å²) in [6.07, 6.45) is -0.420. The third kappa shape index (κ3) is 6.00. The number of alkyl halides is 3. The van der Waals surface area contributed by atoms with Gasteiger partial charge in [-0.05, 0) is 67.1 Å². The molecule has 1 saturated heterocycles. The van der Waals surface area contributed by atoms with Gasteiger partial charge in [-0.1, -0.05) is 19.3 Å². The highest BCUT2D eigenvalue weighted by Crippen LogP contribution is 2.36. The average molecular weight is 534 g/mol. The normalized spacial score (nSPS) is 20.8. The Hall–Kier alpha value is -3.83. The fraction of sp³-hybridized carbons (Fsp3) is 0.462. The highest BCUT2D eigenvalue weighted by Gasteiger charge is 2.56. The molecule has 12 heteroatoms. The van der Waals surface area contributed by atoms with Gasteiger partial charge in [0.1, 0.15) is 23.7 Å². The summed E-state index contributed by atoms with van der Waals surface area (Å²) in [5, 5.41) is 4.68. The van der Waals surface area contributed by atoms with Gasteiger partial charge in [-0.2, -0.15) is 13.2 Å². The zero-order valence-electron chi connectivity index (χ0n) is 20.8. The van der Waals surface area contributed by atoms with Gasteiger partial charge in [0.05, 0.1) is 13.0 Å². The molecule has 0 radical (unpaired) electrons. The van der Waals surface area contributed by atoms with Gasteiger partial charge in [-0.15, -0.1) is 0 Å². The van der Waals surface area contributed by atoms with Gasteiger partial charge < -0.3 is 21.1 Å². The SMILES string of the molecule is COc1ccc(NC(=O)[C@@H]2[C@@H](Cc3ccnc(N)c3)C(=O)N2C(=O)NC(C2CCCCC2)C(F)(F)F)cc1. The van der Waals surface area contributed by atoms with Crippen molar-refractivity contribution in [2.75, 3.05) is 18.2 Å². The van der Waals surface area contributed by atoms with Crippen molar-refractivity contribution < 1.29 is 32.3 Å². The van der Waals surface area contributed by atoms with Crippen LogP contribution in [0.5, 0.6) is 5.75 Å². The molecule has 1 aliphatic heterocycles. The maximum absolute atomic E-state index is 13.9. The van der Waals surface area contributed by atoms with Gasteiger partial charge in [-0.3, -0.25) is 14.5 Å². The number of carbonyl (C=O) groups is 3. The number of nitrogens with zero attached hydrogens (tertiary/aromatic N) is 2. The molecule has 4 rings (SSSR count). The van der Waals surface area contributed by atoms with Crippen molar-refractivity contribution in [3.63, 3.8) is 0 Å². The Morgan fingerprint density at radius 2 is 1.84 bits per heavy atom. The first-order chi connectivity index (χ1) is 18.1. The summed E-state index contributed by atoms with van der Waals surface area (Å²) in [6.45, 7) is 0. The van der Waals surface area contributed by atoms with Crippen LogP contribution in [-0.4, -0.2) is 53.1 Å². The van der Waals surface area contributed by atoms with Gasteiger partial charge in [0.25, 0.3) is 0 Å². The zero-order valence-corrected chi connectivity index (χ0v) is 20.8. The molecule has 38 heavy (non-hydrogen) atoms. The van der Waals surface area contributed by atoms with Crippen molar-refractivity contribution >= 4 is 29.4 Å². The van der Waals surface area contributed by atoms with Crippen LogP contribution in [0.25, 0.3) is 0 Å². The first-order valence-electron chi connectivity index (χ1n) is 12.4. The molecule has 1 aromatic heterocycles. The minimum Gasteiger partial charge on any atom is -0.497 e. The number of methoxy groups -OCH3 is 1. The van der Waals surface area contributed by atoms with Gasteiger partial charge in [0.2, 0.25) is 11.8 Å². The summed E-state index contributed by atoms with van der Waals surface area (Å²) in [7, 11) is 1.49. The van der Waals surface area contributed by atoms with E-state index in [-0.39, 0.29) is 12.2 Å². The highest BCUT2D eigenvalue weighted by molar-refractivity contribution is 6.12. The smallest absolute Gasteiger partial charge is 0.408 e. The number of benzene rings is 1. The molecule has 2 fully saturated rings. The van der Waals surface area contributed by atoms with Crippen molar-refractivity contribution in [2.45, 2.75) is 56.8 Å². The quantitative estimate of drug-likeness (QED) is 0.464. The van der Waals surface area contributed by atoms with Crippen molar-refractivity contribution in [1.82, 2.24) is 15.2 Å². The summed E-state index contributed by atoms with van der Waals surface area (Å²) >= 11 is 0. The van der Waals surface area contributed by atoms with Gasteiger partial charge in [-0.25, -0.2) is 9.78 Å². The fourth-order valence-electron chi connectivity index (χ4n) is 5.18. The Balaban J connectivity index is 1.56. The van der Waals surface area contributed by atoms with E-state index >= 15 is 0 Å². The number of nitrogens with two attached hydrogens (primary N) is 1. The Kier molecular flexibility index (Phi) is 8.08. The zero-order chi connectivity index (χ0) is 27.4. The van der Waals surface area contributed by atoms with Crippen LogP contribution in [0.4, 0.5) is 29.5 Å². The van der Waals surface area contributed by atoms with Gasteiger partial charge in [0.15, 0.2) is 0 Å². The van der Waals surface area contributed by atoms with E-state index in [9.17, 15) is 27.6 Å². The summed E-state index contributed by atoms with van der Waals surface area (Å²) in [4.78, 5) is 44.0. The molecule has 9 nitrogen and oxygen atoms in total. The second-order valence-electron chi connectivity index (χ2n) is 9.64. The number of ether oxygens (including phenoxy) is 1. The summed E-state index contributed by atoms with van der Waals surface area (Å²) in [5.74, 6) is -2.43. The highest BCUT2D eigenvalue weighted by atomic mass is 19.4. The van der Waals surface area contributed by atoms with Crippen LogP contribution in [0.1, 0.15) is 37.7 Å². The largest absolute Gasteiger partial charge is 0.497 e. The number of hydrogen-bond acceptors (Lipinski definition) is 6. The van der Waals surface area contributed by atoms with Crippen molar-refractivity contribution in [3.05, 3.63) is 48.2 Å². The van der Waals surface area contributed by atoms with E-state index in [0.29, 0.717) is 47.6 Å². The molecular formula is C26H30F3N5O4. The van der Waals surface area contributed by atoms with Crippen LogP contribution in [0.2, 0.25) is 0 Å². The lowest BCUT2D eigenvalue weighted by atomic mass is 9.81. The van der Waals surface area contributed by atoms with Crippen LogP contribution < -0.4 is 21.1 Å². The maximum atomic E-state index is 13.9. The third-order valence-corrected chi connectivity index (χ3v) is 7.11. The molecule has 4 N–H and O–H groups in total. The molecule has 2 aliphatic rings. The molecule has 1 unspecified atom stereocenters. The first-order valence-corrected chi connectivity index (χ1v) is 12.4. The number of aromatic nitrogens is 1. The standard InChI is InChI=1S/C26H30F3N5O4/c1-38-18-9-7-17(8-10-18)32-23(35)21-19(13-15-11-12-31-20(30)14-15)24(36)34(21)25(37)33-22(26(27,28)29)16-5-3-2-4-6-16/h7-12,14,16,19,21-22H,2-6,13H2,1H3,(H2,30,31)(H,32,35)(H,33,37)/t19-,21+,22?/m1/s1. The Labute approximate surface area is 217 Å². The van der Waals surface area contributed by atoms with E-state index in [2.05, 4.69) is 10.3 Å². The predicted molar refractivity (Wildman–Crippen MR) is 133 cm³/mol. The average Bonchev–Trinajstić information content (AvgIpc) is 2.89. The number of nitrogens with one attached hydrogen (secondary N) is 2. The lowest BCUT2D eigenvalue weighted by Gasteiger charge is -2.45. The topological polar surface area (TPSA) is 127 Å². The maximum Gasteiger partial charge on any atom is 0.408 e. The van der Waals surface area contributed by atoms with Crippen molar-refractivity contribution in [1.29, 1.82) is 0 Å². The van der Waals surface area contributed by atoms with Gasteiger partial charge in [0, 0.05) is 11.9 Å². The molecule has 4 amide bonds. The van der Waals surface area contributed by atoms with Crippen LogP contribution >= 0.6 is 0 Å². The van der Waals surface area contributed by atoms with E-state index in [0.717, 1.165) is 6.42 Å². The number of nitrogen functional groups attached to an aromatic ring is 1. The molecular weight excluding hydrogens is 503 g/mol. The van der Waals surface area contributed by atoms with Gasteiger partial charge >= 0.3 is 12.2 Å². The number of β-lactam (4-membered cyclic amide) rings is 1. The van der Waals surface area contributed by atoms with E-state index in [1.54, 1.807) is 30.3 Å². The Bertz CT molecular complexity index is 1170. The minimum absolute atomic E-state index is 0.0569. The molecule has 0 bridgehead atoms. The number of carbonyl (C=O) groups excluding carboxylic acids is 3. The molecule has 2 heterocycles. The summed E-state index contributed by atoms with van der Waals surface area (Å²) in [6, 6.07) is 4.87. The number of anilines is 2. The van der Waals surface area contributed by atoms with Crippen LogP contribution in [0.15, 0.2) is 42.6 Å². The summed E-state index contributed by atoms with van der Waals surface area (Å²) in [5.41, 5.74) is 6.70. The van der Waals surface area contributed by atoms with E-state index in [1.165, 1.54) is 19.4 Å². The van der Waals surface area contributed by atoms with Crippen molar-refractivity contribution in [3.8, 4) is 5.75 Å². The molecule has 204 valence electrons. The monoisotopic (exact) mass is 533 g/mol. The number of urea groups is 1. The molecule has 2 aromatic rings. The molecule has 1 saturated carbocycles. The number of halogens is 3. The molecule has 1 aliphatic carbocycles. The number of pyridine rings is 1. The number of hydrogen-bond donors (Lipinski definition) is 3. The summed E-state index contributed by atoms with van der Waals surface area (Å²) < 4.78 is 46.9. The second kappa shape index (κ2) is 11.3. The molecule has 3 atom stereocenters. The van der Waals surface area contributed by atoms with Crippen LogP contribution in [-0.2, 0) is 16.0 Å². The number of amides is 4. The van der Waals surface area contributed by atoms with Crippen LogP contribution in [0, 0.1) is 11.8 Å². The lowest BCUT2D eigenvalue weighted by Crippen LogP contribution is -2.71. The van der Waals surface area contributed by atoms with Crippen LogP contribution in [0.3, 0.4) is 0 Å². The predicted octanol–water partition coefficient (Wildman–Crippen LogP) is 3.90.